The zero-order valence-corrected chi connectivity index (χ0v) is 12.9. The van der Waals surface area contributed by atoms with Crippen molar-refractivity contribution in [2.24, 2.45) is 5.92 Å². The van der Waals surface area contributed by atoms with Gasteiger partial charge in [-0.3, -0.25) is 4.90 Å². The third kappa shape index (κ3) is 3.55. The molecule has 1 atom stereocenters. The summed E-state index contributed by atoms with van der Waals surface area (Å²) in [6.07, 6.45) is 6.48. The van der Waals surface area contributed by atoms with E-state index in [-0.39, 0.29) is 0 Å². The van der Waals surface area contributed by atoms with Crippen LogP contribution in [0.4, 0.5) is 0 Å². The van der Waals surface area contributed by atoms with Gasteiger partial charge in [-0.05, 0) is 69.3 Å². The largest absolute Gasteiger partial charge is 0.317 e. The molecule has 0 aromatic heterocycles. The maximum absolute atomic E-state index is 6.32. The van der Waals surface area contributed by atoms with Crippen molar-refractivity contribution in [2.75, 3.05) is 26.2 Å². The van der Waals surface area contributed by atoms with E-state index in [1.54, 1.807) is 0 Å². The molecule has 1 aromatic carbocycles. The van der Waals surface area contributed by atoms with E-state index in [0.29, 0.717) is 6.04 Å². The molecule has 0 aliphatic carbocycles. The van der Waals surface area contributed by atoms with Gasteiger partial charge in [0.2, 0.25) is 0 Å². The number of nitrogens with one attached hydrogen (secondary N) is 1. The predicted octanol–water partition coefficient (Wildman–Crippen LogP) is 3.35. The SMILES string of the molecule is Clc1ccccc1CC1CCCN1CC1CCNCC1. The van der Waals surface area contributed by atoms with E-state index in [9.17, 15) is 0 Å². The Balaban J connectivity index is 1.59. The lowest BCUT2D eigenvalue weighted by atomic mass is 9.96. The van der Waals surface area contributed by atoms with Gasteiger partial charge in [0.05, 0.1) is 0 Å². The number of halogens is 1. The van der Waals surface area contributed by atoms with Crippen LogP contribution < -0.4 is 5.32 Å². The number of likely N-dealkylation sites (tertiary alicyclic amines) is 1. The summed E-state index contributed by atoms with van der Waals surface area (Å²) in [5.41, 5.74) is 1.32. The smallest absolute Gasteiger partial charge is 0.0438 e. The Kier molecular flexibility index (Phi) is 4.98. The van der Waals surface area contributed by atoms with Gasteiger partial charge in [0.1, 0.15) is 0 Å². The van der Waals surface area contributed by atoms with Crippen molar-refractivity contribution in [3.8, 4) is 0 Å². The zero-order valence-electron chi connectivity index (χ0n) is 12.2. The first-order valence-corrected chi connectivity index (χ1v) is 8.39. The van der Waals surface area contributed by atoms with Crippen molar-refractivity contribution in [3.05, 3.63) is 34.9 Å². The molecule has 2 fully saturated rings. The van der Waals surface area contributed by atoms with Gasteiger partial charge in [-0.25, -0.2) is 0 Å². The minimum atomic E-state index is 0.699. The Morgan fingerprint density at radius 1 is 1.15 bits per heavy atom. The fourth-order valence-corrected chi connectivity index (χ4v) is 3.89. The van der Waals surface area contributed by atoms with E-state index in [0.717, 1.165) is 17.4 Å². The second kappa shape index (κ2) is 6.93. The molecule has 0 saturated carbocycles. The van der Waals surface area contributed by atoms with Gasteiger partial charge in [-0.1, -0.05) is 29.8 Å². The summed E-state index contributed by atoms with van der Waals surface area (Å²) in [5.74, 6) is 0.892. The molecule has 0 amide bonds. The molecule has 3 rings (SSSR count). The molecule has 2 aliphatic rings. The molecule has 0 spiro atoms. The molecular weight excluding hydrogens is 268 g/mol. The minimum absolute atomic E-state index is 0.699. The van der Waals surface area contributed by atoms with Crippen LogP contribution in [0, 0.1) is 5.92 Å². The van der Waals surface area contributed by atoms with Crippen molar-refractivity contribution in [1.82, 2.24) is 10.2 Å². The predicted molar refractivity (Wildman–Crippen MR) is 85.3 cm³/mol. The second-order valence-corrected chi connectivity index (χ2v) is 6.69. The van der Waals surface area contributed by atoms with Crippen molar-refractivity contribution >= 4 is 11.6 Å². The summed E-state index contributed by atoms with van der Waals surface area (Å²) in [7, 11) is 0. The highest BCUT2D eigenvalue weighted by Crippen LogP contribution is 2.26. The van der Waals surface area contributed by atoms with Gasteiger partial charge in [0.25, 0.3) is 0 Å². The van der Waals surface area contributed by atoms with Gasteiger partial charge < -0.3 is 5.32 Å². The van der Waals surface area contributed by atoms with Crippen LogP contribution in [-0.4, -0.2) is 37.1 Å². The quantitative estimate of drug-likeness (QED) is 0.915. The highest BCUT2D eigenvalue weighted by atomic mass is 35.5. The van der Waals surface area contributed by atoms with Crippen LogP contribution >= 0.6 is 11.6 Å². The van der Waals surface area contributed by atoms with E-state index >= 15 is 0 Å². The first kappa shape index (κ1) is 14.4. The summed E-state index contributed by atoms with van der Waals surface area (Å²) in [5, 5.41) is 4.39. The molecule has 110 valence electrons. The van der Waals surface area contributed by atoms with E-state index in [2.05, 4.69) is 22.3 Å². The van der Waals surface area contributed by atoms with Crippen LogP contribution in [-0.2, 0) is 6.42 Å². The van der Waals surface area contributed by atoms with E-state index in [4.69, 9.17) is 11.6 Å². The normalized spacial score (nSPS) is 25.1. The molecule has 2 aliphatic heterocycles. The Morgan fingerprint density at radius 2 is 1.95 bits per heavy atom. The maximum Gasteiger partial charge on any atom is 0.0438 e. The number of benzene rings is 1. The van der Waals surface area contributed by atoms with Crippen molar-refractivity contribution in [2.45, 2.75) is 38.1 Å². The Labute approximate surface area is 127 Å². The molecule has 2 saturated heterocycles. The standard InChI is InChI=1S/C17H25ClN2/c18-17-6-2-1-4-15(17)12-16-5-3-11-20(16)13-14-7-9-19-10-8-14/h1-2,4,6,14,16,19H,3,5,7-13H2. The molecule has 3 heteroatoms. The maximum atomic E-state index is 6.32. The van der Waals surface area contributed by atoms with Crippen LogP contribution in [0.2, 0.25) is 5.02 Å². The van der Waals surface area contributed by atoms with Crippen LogP contribution in [0.15, 0.2) is 24.3 Å². The van der Waals surface area contributed by atoms with Gasteiger partial charge >= 0.3 is 0 Å². The minimum Gasteiger partial charge on any atom is -0.317 e. The molecule has 0 bridgehead atoms. The Bertz CT molecular complexity index is 429. The number of hydrogen-bond acceptors (Lipinski definition) is 2. The first-order chi connectivity index (χ1) is 9.83. The fourth-order valence-electron chi connectivity index (χ4n) is 3.68. The monoisotopic (exact) mass is 292 g/mol. The van der Waals surface area contributed by atoms with Crippen molar-refractivity contribution in [1.29, 1.82) is 0 Å². The molecule has 20 heavy (non-hydrogen) atoms. The zero-order chi connectivity index (χ0) is 13.8. The number of piperidine rings is 1. The lowest BCUT2D eigenvalue weighted by Crippen LogP contribution is -2.39. The molecule has 1 unspecified atom stereocenters. The van der Waals surface area contributed by atoms with Gasteiger partial charge in [0.15, 0.2) is 0 Å². The lowest BCUT2D eigenvalue weighted by Gasteiger charge is -2.31. The summed E-state index contributed by atoms with van der Waals surface area (Å²) in [6, 6.07) is 9.03. The van der Waals surface area contributed by atoms with Gasteiger partial charge in [0, 0.05) is 17.6 Å². The fraction of sp³-hybridized carbons (Fsp3) is 0.647. The number of hydrogen-bond donors (Lipinski definition) is 1. The Morgan fingerprint density at radius 3 is 2.75 bits per heavy atom. The molecule has 2 heterocycles. The second-order valence-electron chi connectivity index (χ2n) is 6.28. The van der Waals surface area contributed by atoms with Crippen molar-refractivity contribution < 1.29 is 0 Å². The average Bonchev–Trinajstić information content (AvgIpc) is 2.90. The van der Waals surface area contributed by atoms with Crippen LogP contribution in [0.5, 0.6) is 0 Å². The molecule has 2 nitrogen and oxygen atoms in total. The van der Waals surface area contributed by atoms with Crippen LogP contribution in [0.25, 0.3) is 0 Å². The molecule has 1 N–H and O–H groups in total. The van der Waals surface area contributed by atoms with E-state index in [1.165, 1.54) is 57.4 Å². The Hall–Kier alpha value is -0.570. The highest BCUT2D eigenvalue weighted by molar-refractivity contribution is 6.31. The van der Waals surface area contributed by atoms with Gasteiger partial charge in [-0.2, -0.15) is 0 Å². The topological polar surface area (TPSA) is 15.3 Å². The summed E-state index contributed by atoms with van der Waals surface area (Å²) in [4.78, 5) is 2.72. The third-order valence-corrected chi connectivity index (χ3v) is 5.23. The summed E-state index contributed by atoms with van der Waals surface area (Å²) in [6.45, 7) is 4.97. The van der Waals surface area contributed by atoms with Crippen LogP contribution in [0.3, 0.4) is 0 Å². The average molecular weight is 293 g/mol. The first-order valence-electron chi connectivity index (χ1n) is 8.01. The molecular formula is C17H25ClN2. The third-order valence-electron chi connectivity index (χ3n) is 4.86. The molecule has 0 radical (unpaired) electrons. The summed E-state index contributed by atoms with van der Waals surface area (Å²) >= 11 is 6.32. The number of nitrogens with zero attached hydrogens (tertiary/aromatic N) is 1. The molecule has 1 aromatic rings. The van der Waals surface area contributed by atoms with Crippen molar-refractivity contribution in [3.63, 3.8) is 0 Å². The highest BCUT2D eigenvalue weighted by Gasteiger charge is 2.27. The number of rotatable bonds is 4. The summed E-state index contributed by atoms with van der Waals surface area (Å²) < 4.78 is 0. The lowest BCUT2D eigenvalue weighted by molar-refractivity contribution is 0.191. The van der Waals surface area contributed by atoms with Crippen LogP contribution in [0.1, 0.15) is 31.2 Å². The van der Waals surface area contributed by atoms with E-state index in [1.807, 2.05) is 12.1 Å². The van der Waals surface area contributed by atoms with E-state index < -0.39 is 0 Å². The van der Waals surface area contributed by atoms with Gasteiger partial charge in [-0.15, -0.1) is 0 Å².